The van der Waals surface area contributed by atoms with Crippen molar-refractivity contribution in [1.82, 2.24) is 15.6 Å². The number of ether oxygens (including phenoxy) is 1. The Hall–Kier alpha value is 0.430. The quantitative estimate of drug-likeness (QED) is 0.160. The maximum atomic E-state index is 10.5. The van der Waals surface area contributed by atoms with Gasteiger partial charge in [0.15, 0.2) is 6.23 Å². The summed E-state index contributed by atoms with van der Waals surface area (Å²) in [6.07, 6.45) is -2.68. The predicted molar refractivity (Wildman–Crippen MR) is 79.2 cm³/mol. The smallest absolute Gasteiger partial charge is 0.790 e. The van der Waals surface area contributed by atoms with Gasteiger partial charge in [-0.25, -0.2) is 10.8 Å². The van der Waals surface area contributed by atoms with E-state index >= 15 is 0 Å². The van der Waals surface area contributed by atoms with E-state index in [0.29, 0.717) is 17.9 Å². The number of hydrazine groups is 1. The van der Waals surface area contributed by atoms with Gasteiger partial charge in [-0.05, 0) is 0 Å². The number of phosphoric acid groups is 1. The number of aliphatic hydroxyl groups excluding tert-OH is 2. The molecular weight excluding hydrogens is 405 g/mol. The van der Waals surface area contributed by atoms with Crippen molar-refractivity contribution in [3.63, 3.8) is 0 Å². The fourth-order valence-electron chi connectivity index (χ4n) is 2.65. The summed E-state index contributed by atoms with van der Waals surface area (Å²) in [6, 6.07) is 0. The van der Waals surface area contributed by atoms with Crippen molar-refractivity contribution in [3.8, 4) is 0 Å². The van der Waals surface area contributed by atoms with E-state index in [0.717, 1.165) is 0 Å². The van der Waals surface area contributed by atoms with Crippen LogP contribution in [0.15, 0.2) is 21.4 Å². The Labute approximate surface area is 198 Å². The third kappa shape index (κ3) is 6.20. The first-order valence-electron chi connectivity index (χ1n) is 7.25. The summed E-state index contributed by atoms with van der Waals surface area (Å²) in [7, 11) is -5.21. The van der Waals surface area contributed by atoms with Gasteiger partial charge < -0.3 is 44.5 Å². The maximum Gasteiger partial charge on any atom is 1.00 e. The van der Waals surface area contributed by atoms with Gasteiger partial charge in [-0.2, -0.15) is 0 Å². The van der Waals surface area contributed by atoms with Crippen molar-refractivity contribution in [2.24, 2.45) is 15.8 Å². The van der Waals surface area contributed by atoms with Crippen LogP contribution >= 0.6 is 7.82 Å². The molecule has 0 aliphatic carbocycles. The van der Waals surface area contributed by atoms with E-state index in [1.807, 2.05) is 0 Å². The second-order valence-corrected chi connectivity index (χ2v) is 6.72. The Morgan fingerprint density at radius 2 is 2.15 bits per heavy atom. The molecule has 0 aromatic heterocycles. The molecule has 1 fully saturated rings. The zero-order chi connectivity index (χ0) is 18.2. The molecule has 0 bridgehead atoms. The molecule has 1 saturated heterocycles. The molecule has 0 radical (unpaired) electrons. The second kappa shape index (κ2) is 10.5. The molecule has 0 saturated carbocycles. The van der Waals surface area contributed by atoms with Gasteiger partial charge in [0.25, 0.3) is 0 Å². The third-order valence-corrected chi connectivity index (χ3v) is 4.34. The van der Waals surface area contributed by atoms with Crippen LogP contribution in [-0.4, -0.2) is 71.8 Å². The number of aliphatic hydroxyl groups is 2. The number of hydrogen-bond donors (Lipinski definition) is 5. The van der Waals surface area contributed by atoms with Crippen LogP contribution < -0.4 is 85.4 Å². The van der Waals surface area contributed by atoms with Crippen molar-refractivity contribution in [2.75, 3.05) is 13.2 Å². The van der Waals surface area contributed by atoms with Crippen LogP contribution in [0.3, 0.4) is 0 Å². The summed E-state index contributed by atoms with van der Waals surface area (Å²) in [5, 5.41) is 27.1. The van der Waals surface area contributed by atoms with Crippen LogP contribution in [0.2, 0.25) is 0 Å². The first-order chi connectivity index (χ1) is 11.8. The van der Waals surface area contributed by atoms with Gasteiger partial charge in [0.1, 0.15) is 36.6 Å². The average Bonchev–Trinajstić information content (AvgIpc) is 2.81. The number of nitrogens with one attached hydrogen (secondary N) is 2. The number of aliphatic imine (C=N–C) groups is 2. The number of fused-ring (bicyclic) bond motifs is 1. The largest absolute Gasteiger partial charge is 1.00 e. The third-order valence-electron chi connectivity index (χ3n) is 3.87. The van der Waals surface area contributed by atoms with Crippen molar-refractivity contribution in [1.29, 1.82) is 0 Å². The molecule has 27 heavy (non-hydrogen) atoms. The van der Waals surface area contributed by atoms with Gasteiger partial charge >= 0.3 is 59.1 Å². The van der Waals surface area contributed by atoms with Crippen LogP contribution in [0.1, 0.15) is 0 Å². The molecule has 0 amide bonds. The summed E-state index contributed by atoms with van der Waals surface area (Å²) < 4.78 is 20.0. The molecule has 140 valence electrons. The molecule has 16 heteroatoms. The van der Waals surface area contributed by atoms with Gasteiger partial charge in [-0.3, -0.25) is 10.0 Å². The number of phosphoric ester groups is 1. The molecule has 0 aromatic rings. The normalized spacial score (nSPS) is 32.3. The fraction of sp³-hybridized carbons (Fsp3) is 0.636. The van der Waals surface area contributed by atoms with Gasteiger partial charge in [0.2, 0.25) is 0 Å². The molecule has 0 spiro atoms. The molecule has 3 aliphatic rings. The van der Waals surface area contributed by atoms with Crippen LogP contribution in [0.4, 0.5) is 0 Å². The standard InChI is InChI=1S/C11H19N6O7P.2Na/c12-17-4-13-1-5-9(14-3-15-10(5)17)16-11-8(19)7(18)6(24-11)2-23-25(20,21)22;;/h3-4,6-8,10-11,16,18-19H,1-2,12H2,(H,14,15)(H2,20,21,22);;/q;2*+1/p-2/t6-,7-,8-,10?,11-;;/m1../s1. The summed E-state index contributed by atoms with van der Waals surface area (Å²) >= 11 is 0. The van der Waals surface area contributed by atoms with Crippen molar-refractivity contribution >= 4 is 20.5 Å². The van der Waals surface area contributed by atoms with Gasteiger partial charge in [0, 0.05) is 5.57 Å². The van der Waals surface area contributed by atoms with Crippen LogP contribution in [0, 0.1) is 0 Å². The molecule has 3 rings (SSSR count). The summed E-state index contributed by atoms with van der Waals surface area (Å²) in [6.45, 7) is -0.403. The number of rotatable bonds is 5. The van der Waals surface area contributed by atoms with E-state index in [9.17, 15) is 24.6 Å². The van der Waals surface area contributed by atoms with E-state index < -0.39 is 39.0 Å². The Bertz CT molecular complexity index is 661. The molecule has 5 atom stereocenters. The fourth-order valence-corrected chi connectivity index (χ4v) is 2.98. The number of hydrogen-bond acceptors (Lipinski definition) is 13. The zero-order valence-electron chi connectivity index (χ0n) is 14.8. The zero-order valence-corrected chi connectivity index (χ0v) is 19.7. The van der Waals surface area contributed by atoms with E-state index in [1.165, 1.54) is 17.7 Å². The molecule has 6 N–H and O–H groups in total. The molecule has 3 heterocycles. The van der Waals surface area contributed by atoms with Gasteiger partial charge in [0.05, 0.1) is 27.3 Å². The SMILES string of the molecule is NN1C=NCC2=C(N[C@@H]3O[C@H](COP(=O)([O-])[O-])[C@@H](O)[C@H]3O)N=CNC21.[Na+].[Na+]. The Kier molecular flexibility index (Phi) is 9.86. The van der Waals surface area contributed by atoms with E-state index in [4.69, 9.17) is 10.6 Å². The topological polar surface area (TPSA) is 200 Å². The first kappa shape index (κ1) is 25.5. The molecule has 3 aliphatic heterocycles. The van der Waals surface area contributed by atoms with E-state index in [1.54, 1.807) is 0 Å². The molecule has 13 nitrogen and oxygen atoms in total. The summed E-state index contributed by atoms with van der Waals surface area (Å²) in [4.78, 5) is 29.2. The Balaban J connectivity index is 0.00000182. The van der Waals surface area contributed by atoms with Crippen molar-refractivity contribution < 1.29 is 92.9 Å². The van der Waals surface area contributed by atoms with Crippen molar-refractivity contribution in [3.05, 3.63) is 11.4 Å². The number of nitrogens with two attached hydrogens (primary N) is 1. The summed E-state index contributed by atoms with van der Waals surface area (Å²) in [5.41, 5.74) is 0.682. The van der Waals surface area contributed by atoms with E-state index in [2.05, 4.69) is 25.1 Å². The first-order valence-corrected chi connectivity index (χ1v) is 8.71. The average molecular weight is 422 g/mol. The van der Waals surface area contributed by atoms with Crippen LogP contribution in [-0.2, 0) is 13.8 Å². The molecular formula is C11H17N6Na2O7P. The second-order valence-electron chi connectivity index (χ2n) is 5.57. The molecule has 0 aromatic carbocycles. The predicted octanol–water partition coefficient (Wildman–Crippen LogP) is -10.7. The minimum atomic E-state index is -5.21. The Morgan fingerprint density at radius 3 is 2.81 bits per heavy atom. The van der Waals surface area contributed by atoms with Gasteiger partial charge in [-0.1, -0.05) is 0 Å². The monoisotopic (exact) mass is 422 g/mol. The summed E-state index contributed by atoms with van der Waals surface area (Å²) in [5.74, 6) is 6.13. The number of nitrogens with zero attached hydrogens (tertiary/aromatic N) is 3. The molecule has 1 unspecified atom stereocenters. The van der Waals surface area contributed by atoms with E-state index in [-0.39, 0.29) is 65.3 Å². The maximum absolute atomic E-state index is 10.5. The van der Waals surface area contributed by atoms with Gasteiger partial charge in [-0.15, -0.1) is 0 Å². The van der Waals surface area contributed by atoms with Crippen LogP contribution in [0.5, 0.6) is 0 Å². The van der Waals surface area contributed by atoms with Crippen LogP contribution in [0.25, 0.3) is 0 Å². The Morgan fingerprint density at radius 1 is 1.44 bits per heavy atom. The minimum Gasteiger partial charge on any atom is -0.790 e. The van der Waals surface area contributed by atoms with Crippen molar-refractivity contribution in [2.45, 2.75) is 30.7 Å². The minimum absolute atomic E-state index is 0.